The molecule has 0 radical (unpaired) electrons. The number of ether oxygens (including phenoxy) is 1. The molecule has 4 rings (SSSR count). The molecule has 156 valence electrons. The summed E-state index contributed by atoms with van der Waals surface area (Å²) in [5, 5.41) is 4.58. The molecular weight excluding hydrogens is 402 g/mol. The summed E-state index contributed by atoms with van der Waals surface area (Å²) in [7, 11) is -1.97. The second kappa shape index (κ2) is 8.33. The second-order valence-corrected chi connectivity index (χ2v) is 8.73. The first kappa shape index (κ1) is 20.2. The highest BCUT2D eigenvalue weighted by Gasteiger charge is 2.20. The fraction of sp³-hybridized carbons (Fsp3) is 0.227. The number of carbonyl (C=O) groups is 1. The highest BCUT2D eigenvalue weighted by Crippen LogP contribution is 2.29. The third-order valence-corrected chi connectivity index (χ3v) is 6.54. The van der Waals surface area contributed by atoms with Crippen molar-refractivity contribution in [1.82, 2.24) is 4.90 Å². The molecule has 1 heterocycles. The van der Waals surface area contributed by atoms with Crippen molar-refractivity contribution in [3.63, 3.8) is 0 Å². The van der Waals surface area contributed by atoms with E-state index in [0.29, 0.717) is 30.8 Å². The Labute approximate surface area is 175 Å². The van der Waals surface area contributed by atoms with Crippen molar-refractivity contribution in [3.05, 3.63) is 66.2 Å². The van der Waals surface area contributed by atoms with Gasteiger partial charge in [0.15, 0.2) is 0 Å². The number of hydrogen-bond acceptors (Lipinski definition) is 5. The van der Waals surface area contributed by atoms with Crippen molar-refractivity contribution < 1.29 is 17.9 Å². The molecule has 30 heavy (non-hydrogen) atoms. The van der Waals surface area contributed by atoms with Crippen LogP contribution < -0.4 is 10.0 Å². The van der Waals surface area contributed by atoms with Crippen LogP contribution in [0.2, 0.25) is 0 Å². The number of rotatable bonds is 6. The van der Waals surface area contributed by atoms with Crippen molar-refractivity contribution in [3.8, 4) is 0 Å². The molecule has 3 aromatic rings. The molecule has 1 amide bonds. The number of nitrogens with one attached hydrogen (secondary N) is 2. The summed E-state index contributed by atoms with van der Waals surface area (Å²) in [4.78, 5) is 13.8. The van der Waals surface area contributed by atoms with E-state index in [-0.39, 0.29) is 17.4 Å². The standard InChI is InChI=1S/C22H23N3O4S/c1-23-20-6-2-5-19-18(20)4-3-7-21(19)30(27,28)24-17-10-8-16(9-11-17)14-25-12-13-29-15-22(25)26/h2-11,23-24H,12-15H2,1H3. The maximum Gasteiger partial charge on any atom is 0.262 e. The van der Waals surface area contributed by atoms with Crippen LogP contribution in [0.4, 0.5) is 11.4 Å². The fourth-order valence-corrected chi connectivity index (χ4v) is 4.84. The van der Waals surface area contributed by atoms with Gasteiger partial charge in [-0.2, -0.15) is 0 Å². The number of nitrogens with zero attached hydrogens (tertiary/aromatic N) is 1. The number of anilines is 2. The van der Waals surface area contributed by atoms with Crippen LogP contribution >= 0.6 is 0 Å². The van der Waals surface area contributed by atoms with E-state index in [1.54, 1.807) is 42.3 Å². The summed E-state index contributed by atoms with van der Waals surface area (Å²) in [6.07, 6.45) is 0. The molecule has 2 N–H and O–H groups in total. The van der Waals surface area contributed by atoms with Crippen LogP contribution in [0.1, 0.15) is 5.56 Å². The smallest absolute Gasteiger partial charge is 0.262 e. The van der Waals surface area contributed by atoms with Crippen LogP contribution in [0.3, 0.4) is 0 Å². The Balaban J connectivity index is 1.55. The zero-order valence-corrected chi connectivity index (χ0v) is 17.4. The number of sulfonamides is 1. The van der Waals surface area contributed by atoms with Gasteiger partial charge in [0.25, 0.3) is 10.0 Å². The van der Waals surface area contributed by atoms with Gasteiger partial charge >= 0.3 is 0 Å². The van der Waals surface area contributed by atoms with Crippen LogP contribution in [0.5, 0.6) is 0 Å². The third-order valence-electron chi connectivity index (χ3n) is 5.10. The van der Waals surface area contributed by atoms with E-state index in [2.05, 4.69) is 10.0 Å². The lowest BCUT2D eigenvalue weighted by atomic mass is 10.1. The molecule has 8 heteroatoms. The lowest BCUT2D eigenvalue weighted by molar-refractivity contribution is -0.143. The van der Waals surface area contributed by atoms with Gasteiger partial charge in [-0.3, -0.25) is 9.52 Å². The Morgan fingerprint density at radius 3 is 2.47 bits per heavy atom. The maximum absolute atomic E-state index is 13.1. The molecule has 1 fully saturated rings. The Bertz CT molecular complexity index is 1180. The quantitative estimate of drug-likeness (QED) is 0.634. The maximum atomic E-state index is 13.1. The molecule has 1 saturated heterocycles. The fourth-order valence-electron chi connectivity index (χ4n) is 3.56. The van der Waals surface area contributed by atoms with Gasteiger partial charge in [0.1, 0.15) is 6.61 Å². The third kappa shape index (κ3) is 4.10. The first-order valence-corrected chi connectivity index (χ1v) is 11.1. The van der Waals surface area contributed by atoms with E-state index in [0.717, 1.165) is 16.6 Å². The number of hydrogen-bond donors (Lipinski definition) is 2. The molecular formula is C22H23N3O4S. The average molecular weight is 426 g/mol. The van der Waals surface area contributed by atoms with E-state index in [4.69, 9.17) is 4.74 Å². The summed E-state index contributed by atoms with van der Waals surface area (Å²) in [5.41, 5.74) is 2.26. The normalized spacial score (nSPS) is 14.7. The van der Waals surface area contributed by atoms with Gasteiger partial charge in [-0.05, 0) is 29.8 Å². The van der Waals surface area contributed by atoms with Gasteiger partial charge in [-0.1, -0.05) is 36.4 Å². The predicted octanol–water partition coefficient (Wildman–Crippen LogP) is 3.04. The Morgan fingerprint density at radius 1 is 1.00 bits per heavy atom. The second-order valence-electron chi connectivity index (χ2n) is 7.08. The number of fused-ring (bicyclic) bond motifs is 1. The summed E-state index contributed by atoms with van der Waals surface area (Å²) >= 11 is 0. The van der Waals surface area contributed by atoms with Gasteiger partial charge in [-0.15, -0.1) is 0 Å². The Kier molecular flexibility index (Phi) is 5.61. The number of benzene rings is 3. The minimum Gasteiger partial charge on any atom is -0.388 e. The SMILES string of the molecule is CNc1cccc2c(S(=O)(=O)Nc3ccc(CN4CCOCC4=O)cc3)cccc12. The van der Waals surface area contributed by atoms with E-state index in [1.807, 2.05) is 30.3 Å². The minimum atomic E-state index is -3.77. The van der Waals surface area contributed by atoms with E-state index >= 15 is 0 Å². The van der Waals surface area contributed by atoms with Crippen molar-refractivity contribution in [2.75, 3.05) is 36.8 Å². The van der Waals surface area contributed by atoms with Crippen LogP contribution in [0, 0.1) is 0 Å². The van der Waals surface area contributed by atoms with E-state index in [1.165, 1.54) is 0 Å². The molecule has 0 saturated carbocycles. The van der Waals surface area contributed by atoms with Gasteiger partial charge in [0, 0.05) is 42.3 Å². The van der Waals surface area contributed by atoms with E-state index in [9.17, 15) is 13.2 Å². The summed E-state index contributed by atoms with van der Waals surface area (Å²) in [6, 6.07) is 17.8. The van der Waals surface area contributed by atoms with Crippen molar-refractivity contribution in [1.29, 1.82) is 0 Å². The summed E-state index contributed by atoms with van der Waals surface area (Å²) < 4.78 is 33.9. The van der Waals surface area contributed by atoms with Gasteiger partial charge in [0.05, 0.1) is 11.5 Å². The lowest BCUT2D eigenvalue weighted by Crippen LogP contribution is -2.40. The highest BCUT2D eigenvalue weighted by atomic mass is 32.2. The number of amides is 1. The van der Waals surface area contributed by atoms with Crippen LogP contribution in [-0.4, -0.2) is 46.0 Å². The zero-order valence-electron chi connectivity index (χ0n) is 16.6. The monoisotopic (exact) mass is 425 g/mol. The minimum absolute atomic E-state index is 0.0390. The average Bonchev–Trinajstić information content (AvgIpc) is 2.75. The van der Waals surface area contributed by atoms with Crippen LogP contribution in [-0.2, 0) is 26.1 Å². The zero-order chi connectivity index (χ0) is 21.1. The molecule has 1 aliphatic heterocycles. The molecule has 0 aliphatic carbocycles. The first-order valence-electron chi connectivity index (χ1n) is 9.65. The van der Waals surface area contributed by atoms with Crippen molar-refractivity contribution in [2.24, 2.45) is 0 Å². The van der Waals surface area contributed by atoms with Gasteiger partial charge < -0.3 is 15.0 Å². The Morgan fingerprint density at radius 2 is 1.73 bits per heavy atom. The Hall–Kier alpha value is -3.10. The van der Waals surface area contributed by atoms with Crippen molar-refractivity contribution in [2.45, 2.75) is 11.4 Å². The molecule has 1 aliphatic rings. The molecule has 0 unspecified atom stereocenters. The highest BCUT2D eigenvalue weighted by molar-refractivity contribution is 7.93. The first-order chi connectivity index (χ1) is 14.5. The molecule has 3 aromatic carbocycles. The van der Waals surface area contributed by atoms with Crippen LogP contribution in [0.15, 0.2) is 65.6 Å². The topological polar surface area (TPSA) is 87.7 Å². The largest absolute Gasteiger partial charge is 0.388 e. The predicted molar refractivity (Wildman–Crippen MR) is 117 cm³/mol. The number of carbonyl (C=O) groups excluding carboxylic acids is 1. The lowest BCUT2D eigenvalue weighted by Gasteiger charge is -2.26. The van der Waals surface area contributed by atoms with Gasteiger partial charge in [-0.25, -0.2) is 8.42 Å². The van der Waals surface area contributed by atoms with Crippen molar-refractivity contribution >= 4 is 38.1 Å². The molecule has 0 aromatic heterocycles. The summed E-state index contributed by atoms with van der Waals surface area (Å²) in [5.74, 6) is -0.0390. The van der Waals surface area contributed by atoms with Gasteiger partial charge in [0.2, 0.25) is 5.91 Å². The van der Waals surface area contributed by atoms with E-state index < -0.39 is 10.0 Å². The molecule has 0 bridgehead atoms. The van der Waals surface area contributed by atoms with Crippen LogP contribution in [0.25, 0.3) is 10.8 Å². The number of morpholine rings is 1. The molecule has 0 atom stereocenters. The summed E-state index contributed by atoms with van der Waals surface area (Å²) in [6.45, 7) is 1.68. The molecule has 0 spiro atoms. The molecule has 7 nitrogen and oxygen atoms in total.